The van der Waals surface area contributed by atoms with Gasteiger partial charge in [0.05, 0.1) is 22.4 Å². The molecule has 3 heterocycles. The largest absolute Gasteiger partial charge is 0.305 e. The Balaban J connectivity index is 2.00. The number of fused-ring (bicyclic) bond motifs is 1. The maximum atomic E-state index is 4.36. The zero-order chi connectivity index (χ0) is 14.1. The molecule has 1 N–H and O–H groups in total. The molecular formula is C14H18BrN3S2. The highest BCUT2D eigenvalue weighted by Crippen LogP contribution is 2.37. The van der Waals surface area contributed by atoms with E-state index in [1.54, 1.807) is 4.88 Å². The third-order valence-electron chi connectivity index (χ3n) is 3.55. The van der Waals surface area contributed by atoms with Gasteiger partial charge >= 0.3 is 0 Å². The van der Waals surface area contributed by atoms with Gasteiger partial charge in [0.2, 0.25) is 0 Å². The van der Waals surface area contributed by atoms with Crippen molar-refractivity contribution >= 4 is 39.0 Å². The van der Waals surface area contributed by atoms with Crippen LogP contribution in [0.15, 0.2) is 16.7 Å². The fourth-order valence-electron chi connectivity index (χ4n) is 2.59. The summed E-state index contributed by atoms with van der Waals surface area (Å²) in [6.07, 6.45) is 3.10. The number of aromatic nitrogens is 2. The number of hydrogen-bond donors (Lipinski definition) is 1. The Morgan fingerprint density at radius 3 is 3.05 bits per heavy atom. The maximum Gasteiger partial charge on any atom is 0.0853 e. The van der Waals surface area contributed by atoms with E-state index in [0.29, 0.717) is 0 Å². The van der Waals surface area contributed by atoms with Crippen LogP contribution < -0.4 is 5.32 Å². The van der Waals surface area contributed by atoms with Gasteiger partial charge in [0.1, 0.15) is 0 Å². The van der Waals surface area contributed by atoms with Crippen LogP contribution in [0.5, 0.6) is 0 Å². The second kappa shape index (κ2) is 6.22. The summed E-state index contributed by atoms with van der Waals surface area (Å²) in [5.74, 6) is 2.42. The zero-order valence-corrected chi connectivity index (χ0v) is 14.9. The average molecular weight is 372 g/mol. The molecule has 3 nitrogen and oxygen atoms in total. The lowest BCUT2D eigenvalue weighted by atomic mass is 10.1. The number of thiophene rings is 1. The Kier molecular flexibility index (Phi) is 4.55. The van der Waals surface area contributed by atoms with Crippen LogP contribution in [0.2, 0.25) is 0 Å². The summed E-state index contributed by atoms with van der Waals surface area (Å²) < 4.78 is 3.04. The van der Waals surface area contributed by atoms with Crippen LogP contribution >= 0.6 is 39.0 Å². The summed E-state index contributed by atoms with van der Waals surface area (Å²) in [4.78, 5) is 2.98. The lowest BCUT2D eigenvalue weighted by Crippen LogP contribution is -2.23. The maximum absolute atomic E-state index is 4.36. The second-order valence-electron chi connectivity index (χ2n) is 4.89. The molecular weight excluding hydrogens is 354 g/mol. The van der Waals surface area contributed by atoms with Crippen LogP contribution in [-0.4, -0.2) is 22.1 Å². The monoisotopic (exact) mass is 371 g/mol. The first kappa shape index (κ1) is 14.6. The second-order valence-corrected chi connectivity index (χ2v) is 8.02. The molecule has 1 unspecified atom stereocenters. The molecule has 3 rings (SSSR count). The van der Waals surface area contributed by atoms with E-state index in [-0.39, 0.29) is 6.04 Å². The topological polar surface area (TPSA) is 29.9 Å². The molecule has 1 atom stereocenters. The summed E-state index contributed by atoms with van der Waals surface area (Å²) in [6, 6.07) is 2.61. The molecule has 1 aliphatic rings. The molecule has 0 aromatic carbocycles. The number of hydrogen-bond acceptors (Lipinski definition) is 4. The van der Waals surface area contributed by atoms with Crippen LogP contribution in [0.1, 0.15) is 34.0 Å². The van der Waals surface area contributed by atoms with Crippen LogP contribution in [0.4, 0.5) is 0 Å². The Bertz CT molecular complexity index is 563. The van der Waals surface area contributed by atoms with Gasteiger partial charge in [0.25, 0.3) is 0 Å². The van der Waals surface area contributed by atoms with Gasteiger partial charge < -0.3 is 5.32 Å². The fourth-order valence-corrected chi connectivity index (χ4v) is 5.63. The molecule has 0 aliphatic carbocycles. The average Bonchev–Trinajstić information content (AvgIpc) is 3.01. The van der Waals surface area contributed by atoms with Gasteiger partial charge in [-0.05, 0) is 46.3 Å². The van der Waals surface area contributed by atoms with Crippen molar-refractivity contribution in [1.82, 2.24) is 15.1 Å². The van der Waals surface area contributed by atoms with Gasteiger partial charge in [-0.3, -0.25) is 4.68 Å². The minimum Gasteiger partial charge on any atom is -0.305 e. The van der Waals surface area contributed by atoms with Crippen LogP contribution in [0, 0.1) is 0 Å². The third-order valence-corrected chi connectivity index (χ3v) is 6.47. The number of halogens is 1. The highest BCUT2D eigenvalue weighted by Gasteiger charge is 2.24. The highest BCUT2D eigenvalue weighted by atomic mass is 79.9. The molecule has 6 heteroatoms. The summed E-state index contributed by atoms with van der Waals surface area (Å²) in [5.41, 5.74) is 2.74. The summed E-state index contributed by atoms with van der Waals surface area (Å²) in [7, 11) is 2.01. The first-order valence-electron chi connectivity index (χ1n) is 6.80. The number of thioether (sulfide) groups is 1. The van der Waals surface area contributed by atoms with E-state index < -0.39 is 0 Å². The van der Waals surface area contributed by atoms with Crippen molar-refractivity contribution in [3.8, 4) is 0 Å². The summed E-state index contributed by atoms with van der Waals surface area (Å²) in [6.45, 7) is 3.10. The lowest BCUT2D eigenvalue weighted by molar-refractivity contribution is 0.577. The molecule has 0 bridgehead atoms. The van der Waals surface area contributed by atoms with Crippen molar-refractivity contribution in [2.45, 2.75) is 25.1 Å². The van der Waals surface area contributed by atoms with E-state index in [1.165, 1.54) is 28.3 Å². The van der Waals surface area contributed by atoms with E-state index in [0.717, 1.165) is 16.8 Å². The molecule has 108 valence electrons. The molecule has 2 aromatic heterocycles. The van der Waals surface area contributed by atoms with Gasteiger partial charge in [-0.25, -0.2) is 0 Å². The van der Waals surface area contributed by atoms with Crippen LogP contribution in [0.25, 0.3) is 0 Å². The summed E-state index contributed by atoms with van der Waals surface area (Å²) in [5, 5.41) is 7.96. The lowest BCUT2D eigenvalue weighted by Gasteiger charge is -2.17. The Morgan fingerprint density at radius 2 is 2.40 bits per heavy atom. The molecule has 20 heavy (non-hydrogen) atoms. The van der Waals surface area contributed by atoms with Crippen molar-refractivity contribution in [3.05, 3.63) is 37.7 Å². The van der Waals surface area contributed by atoms with Crippen LogP contribution in [-0.2, 0) is 19.2 Å². The zero-order valence-electron chi connectivity index (χ0n) is 11.6. The standard InChI is InChI=1S/C14H18BrN3S2/c1-3-16-13(14-10(15)7-17-18(14)2)12-6-9-8-19-5-4-11(9)20-12/h6-7,13,16H,3-5,8H2,1-2H3. The molecule has 1 aliphatic heterocycles. The number of nitrogens with zero attached hydrogens (tertiary/aromatic N) is 2. The highest BCUT2D eigenvalue weighted by molar-refractivity contribution is 9.10. The van der Waals surface area contributed by atoms with Gasteiger partial charge in [-0.15, -0.1) is 11.3 Å². The molecule has 0 saturated carbocycles. The van der Waals surface area contributed by atoms with E-state index in [2.05, 4.69) is 39.3 Å². The van der Waals surface area contributed by atoms with Gasteiger partial charge in [0.15, 0.2) is 0 Å². The molecule has 0 saturated heterocycles. The number of rotatable bonds is 4. The van der Waals surface area contributed by atoms with E-state index >= 15 is 0 Å². The predicted octanol–water partition coefficient (Wildman–Crippen LogP) is 3.73. The molecule has 0 spiro atoms. The minimum absolute atomic E-state index is 0.225. The fraction of sp³-hybridized carbons (Fsp3) is 0.500. The number of nitrogens with one attached hydrogen (secondary N) is 1. The van der Waals surface area contributed by atoms with Crippen molar-refractivity contribution in [1.29, 1.82) is 0 Å². The van der Waals surface area contributed by atoms with Gasteiger partial charge in [-0.2, -0.15) is 16.9 Å². The molecule has 0 fully saturated rings. The minimum atomic E-state index is 0.225. The van der Waals surface area contributed by atoms with E-state index in [4.69, 9.17) is 0 Å². The predicted molar refractivity (Wildman–Crippen MR) is 90.6 cm³/mol. The SMILES string of the molecule is CCNC(c1cc2c(s1)CCSC2)c1c(Br)cnn1C. The molecule has 0 amide bonds. The van der Waals surface area contributed by atoms with Crippen molar-refractivity contribution in [2.75, 3.05) is 12.3 Å². The van der Waals surface area contributed by atoms with Crippen LogP contribution in [0.3, 0.4) is 0 Å². The Hall–Kier alpha value is -0.300. The van der Waals surface area contributed by atoms with Gasteiger partial charge in [-0.1, -0.05) is 6.92 Å². The van der Waals surface area contributed by atoms with Crippen molar-refractivity contribution in [3.63, 3.8) is 0 Å². The third kappa shape index (κ3) is 2.71. The van der Waals surface area contributed by atoms with Gasteiger partial charge in [0, 0.05) is 22.6 Å². The van der Waals surface area contributed by atoms with Crippen molar-refractivity contribution in [2.24, 2.45) is 7.05 Å². The first-order chi connectivity index (χ1) is 9.70. The molecule has 2 aromatic rings. The number of aryl methyl sites for hydroxylation is 2. The first-order valence-corrected chi connectivity index (χ1v) is 9.57. The Labute approximate surface area is 136 Å². The van der Waals surface area contributed by atoms with E-state index in [1.807, 2.05) is 41.0 Å². The normalized spacial score (nSPS) is 16.1. The molecule has 0 radical (unpaired) electrons. The quantitative estimate of drug-likeness (QED) is 0.887. The van der Waals surface area contributed by atoms with E-state index in [9.17, 15) is 0 Å². The van der Waals surface area contributed by atoms with Crippen molar-refractivity contribution < 1.29 is 0 Å². The summed E-state index contributed by atoms with van der Waals surface area (Å²) >= 11 is 7.63. The Morgan fingerprint density at radius 1 is 1.55 bits per heavy atom. The smallest absolute Gasteiger partial charge is 0.0853 e.